The van der Waals surface area contributed by atoms with Gasteiger partial charge in [-0.3, -0.25) is 0 Å². The third-order valence-electron chi connectivity index (χ3n) is 8.30. The van der Waals surface area contributed by atoms with Crippen molar-refractivity contribution < 1.29 is 13.4 Å². The van der Waals surface area contributed by atoms with Crippen molar-refractivity contribution in [2.24, 2.45) is 0 Å². The molecule has 0 fully saturated rings. The maximum absolute atomic E-state index is 15.1. The first kappa shape index (κ1) is 29.8. The predicted molar refractivity (Wildman–Crippen MR) is 163 cm³/mol. The largest absolute Gasteiger partial charge is 0.372 e. The van der Waals surface area contributed by atoms with Gasteiger partial charge in [-0.1, -0.05) is 44.9 Å². The summed E-state index contributed by atoms with van der Waals surface area (Å²) in [5, 5.41) is 2.35. The van der Waals surface area contributed by atoms with Crippen molar-refractivity contribution in [2.75, 3.05) is 44.2 Å². The van der Waals surface area contributed by atoms with Crippen LogP contribution in [0.2, 0.25) is 0 Å². The number of nitrogens with zero attached hydrogens (tertiary/aromatic N) is 3. The van der Waals surface area contributed by atoms with E-state index in [4.69, 9.17) is 0 Å². The molecule has 3 rings (SSSR count). The summed E-state index contributed by atoms with van der Waals surface area (Å²) in [6.07, 6.45) is 11.6. The van der Waals surface area contributed by atoms with E-state index >= 15 is 4.39 Å². The number of halogens is 1. The third kappa shape index (κ3) is 8.14. The second-order valence-corrected chi connectivity index (χ2v) is 10.7. The van der Waals surface area contributed by atoms with E-state index in [0.717, 1.165) is 37.0 Å². The number of pyridine rings is 1. The number of hydrogen-bond donors (Lipinski definition) is 0. The van der Waals surface area contributed by atoms with Crippen LogP contribution in [0.5, 0.6) is 0 Å². The molecule has 0 bridgehead atoms. The lowest BCUT2D eigenvalue weighted by atomic mass is 10.0. The highest BCUT2D eigenvalue weighted by Crippen LogP contribution is 2.26. The summed E-state index contributed by atoms with van der Waals surface area (Å²) in [6, 6.07) is 16.7. The maximum atomic E-state index is 15.1. The Balaban J connectivity index is 1.67. The average molecular weight is 520 g/mol. The minimum Gasteiger partial charge on any atom is -0.372 e. The zero-order chi connectivity index (χ0) is 27.4. The number of unbranched alkanes of at least 4 members (excludes halogenated alkanes) is 2. The zero-order valence-corrected chi connectivity index (χ0v) is 24.6. The van der Waals surface area contributed by atoms with Gasteiger partial charge in [0.05, 0.1) is 32.6 Å². The van der Waals surface area contributed by atoms with Gasteiger partial charge in [-0.05, 0) is 74.2 Å². The lowest BCUT2D eigenvalue weighted by molar-refractivity contribution is -0.925. The van der Waals surface area contributed by atoms with E-state index in [9.17, 15) is 0 Å². The highest BCUT2D eigenvalue weighted by atomic mass is 19.1. The van der Waals surface area contributed by atoms with Crippen LogP contribution >= 0.6 is 0 Å². The summed E-state index contributed by atoms with van der Waals surface area (Å²) < 4.78 is 18.5. The molecule has 1 aromatic heterocycles. The molecule has 38 heavy (non-hydrogen) atoms. The van der Waals surface area contributed by atoms with E-state index < -0.39 is 0 Å². The molecule has 0 saturated heterocycles. The normalized spacial score (nSPS) is 12.3. The van der Waals surface area contributed by atoms with E-state index in [1.54, 1.807) is 6.08 Å². The monoisotopic (exact) mass is 519 g/mol. The molecule has 3 aromatic rings. The van der Waals surface area contributed by atoms with Crippen LogP contribution in [0.3, 0.4) is 0 Å². The molecule has 3 nitrogen and oxygen atoms in total. The number of fused-ring (bicyclic) bond motifs is 1. The fourth-order valence-corrected chi connectivity index (χ4v) is 5.34. The lowest BCUT2D eigenvalue weighted by Crippen LogP contribution is -2.49. The highest BCUT2D eigenvalue weighted by Gasteiger charge is 2.20. The van der Waals surface area contributed by atoms with Gasteiger partial charge in [0.15, 0.2) is 18.9 Å². The van der Waals surface area contributed by atoms with Crippen LogP contribution < -0.4 is 9.47 Å². The van der Waals surface area contributed by atoms with Crippen molar-refractivity contribution in [1.82, 2.24) is 0 Å². The first-order valence-electron chi connectivity index (χ1n) is 15.0. The molecule has 0 N–H and O–H groups in total. The van der Waals surface area contributed by atoms with E-state index in [1.165, 1.54) is 67.4 Å². The van der Waals surface area contributed by atoms with Crippen LogP contribution in [-0.4, -0.2) is 43.8 Å². The van der Waals surface area contributed by atoms with Crippen LogP contribution in [0.4, 0.5) is 10.1 Å². The van der Waals surface area contributed by atoms with E-state index in [-0.39, 0.29) is 5.83 Å². The summed E-state index contributed by atoms with van der Waals surface area (Å²) in [5.41, 5.74) is 2.80. The quantitative estimate of drug-likeness (QED) is 0.136. The molecule has 0 radical (unpaired) electrons. The van der Waals surface area contributed by atoms with E-state index in [2.05, 4.69) is 74.4 Å². The first-order valence-corrected chi connectivity index (χ1v) is 15.0. The summed E-state index contributed by atoms with van der Waals surface area (Å²) in [6.45, 7) is 19.2. The van der Waals surface area contributed by atoms with Crippen LogP contribution in [0, 0.1) is 0 Å². The molecule has 0 unspecified atom stereocenters. The van der Waals surface area contributed by atoms with Crippen molar-refractivity contribution in [1.29, 1.82) is 0 Å². The second-order valence-electron chi connectivity index (χ2n) is 10.7. The summed E-state index contributed by atoms with van der Waals surface area (Å²) in [7, 11) is 0. The van der Waals surface area contributed by atoms with Gasteiger partial charge < -0.3 is 9.38 Å². The Kier molecular flexibility index (Phi) is 11.8. The van der Waals surface area contributed by atoms with Gasteiger partial charge in [0, 0.05) is 36.5 Å². The van der Waals surface area contributed by atoms with Gasteiger partial charge in [0.2, 0.25) is 0 Å². The van der Waals surface area contributed by atoms with Crippen molar-refractivity contribution in [2.45, 2.75) is 73.3 Å². The second kappa shape index (κ2) is 15.0. The van der Waals surface area contributed by atoms with Crippen LogP contribution in [0.15, 0.2) is 60.9 Å². The number of quaternary nitrogens is 1. The topological polar surface area (TPSA) is 7.12 Å². The Labute approximate surface area is 231 Å². The third-order valence-corrected chi connectivity index (χ3v) is 8.30. The molecule has 0 aliphatic rings. The van der Waals surface area contributed by atoms with Gasteiger partial charge >= 0.3 is 0 Å². The number of anilines is 1. The number of rotatable bonds is 16. The molecule has 2 aromatic carbocycles. The van der Waals surface area contributed by atoms with Gasteiger partial charge in [-0.25, -0.2) is 8.96 Å². The molecule has 0 saturated carbocycles. The first-order chi connectivity index (χ1) is 18.5. The Morgan fingerprint density at radius 3 is 2.00 bits per heavy atom. The Hall–Kier alpha value is -2.72. The van der Waals surface area contributed by atoms with Crippen LogP contribution in [0.25, 0.3) is 22.7 Å². The standard InChI is InChI=1S/C34H50FN3/c1-6-11-21-37(22-12-7-2)33-17-16-31-26-29(14-15-32(31)28-33)27-34(35)30-18-23-36(24-19-30)20-13-25-38(8-3,9-4)10-5/h14-19,23-24,26-28H,6-13,20-22,25H2,1-5H3/q+2. The smallest absolute Gasteiger partial charge is 0.169 e. The summed E-state index contributed by atoms with van der Waals surface area (Å²) >= 11 is 0. The summed E-state index contributed by atoms with van der Waals surface area (Å²) in [5.74, 6) is -0.197. The van der Waals surface area contributed by atoms with Crippen LogP contribution in [0.1, 0.15) is 77.8 Å². The fourth-order valence-electron chi connectivity index (χ4n) is 5.34. The Morgan fingerprint density at radius 1 is 0.789 bits per heavy atom. The van der Waals surface area contributed by atoms with Crippen LogP contribution in [-0.2, 0) is 6.54 Å². The fraction of sp³-hybridized carbons (Fsp3) is 0.500. The maximum Gasteiger partial charge on any atom is 0.169 e. The Morgan fingerprint density at radius 2 is 1.39 bits per heavy atom. The molecule has 0 atom stereocenters. The minimum atomic E-state index is -0.197. The molecule has 4 heteroatoms. The van der Waals surface area contributed by atoms with Crippen molar-refractivity contribution in [3.05, 3.63) is 72.1 Å². The lowest BCUT2D eigenvalue weighted by Gasteiger charge is -2.35. The molecule has 0 amide bonds. The molecule has 0 aliphatic heterocycles. The van der Waals surface area contributed by atoms with Gasteiger partial charge in [-0.15, -0.1) is 0 Å². The SMILES string of the molecule is CCCCN(CCCC)c1ccc2cc(C=C(F)c3cc[n+](CCC[N+](CC)(CC)CC)cc3)ccc2c1. The zero-order valence-electron chi connectivity index (χ0n) is 24.6. The van der Waals surface area contributed by atoms with Crippen molar-refractivity contribution >= 4 is 28.4 Å². The number of benzene rings is 2. The van der Waals surface area contributed by atoms with Gasteiger partial charge in [0.1, 0.15) is 5.83 Å². The molecular weight excluding hydrogens is 469 g/mol. The van der Waals surface area contributed by atoms with Gasteiger partial charge in [-0.2, -0.15) is 0 Å². The number of hydrogen-bond acceptors (Lipinski definition) is 1. The predicted octanol–water partition coefficient (Wildman–Crippen LogP) is 8.27. The van der Waals surface area contributed by atoms with Gasteiger partial charge in [0.25, 0.3) is 0 Å². The number of aryl methyl sites for hydroxylation is 1. The van der Waals surface area contributed by atoms with Crippen molar-refractivity contribution in [3.63, 3.8) is 0 Å². The minimum absolute atomic E-state index is 0.197. The molecule has 0 spiro atoms. The molecule has 0 aliphatic carbocycles. The Bertz CT molecular complexity index is 1130. The molecule has 206 valence electrons. The van der Waals surface area contributed by atoms with E-state index in [0.29, 0.717) is 5.56 Å². The average Bonchev–Trinajstić information content (AvgIpc) is 2.96. The van der Waals surface area contributed by atoms with Crippen molar-refractivity contribution in [3.8, 4) is 0 Å². The molecule has 1 heterocycles. The summed E-state index contributed by atoms with van der Waals surface area (Å²) in [4.78, 5) is 2.51. The number of aromatic nitrogens is 1. The van der Waals surface area contributed by atoms with E-state index in [1.807, 2.05) is 30.6 Å². The highest BCUT2D eigenvalue weighted by molar-refractivity contribution is 5.89. The molecular formula is C34H50FN3+2.